The predicted molar refractivity (Wildman–Crippen MR) is 126 cm³/mol. The second-order valence-electron chi connectivity index (χ2n) is 8.67. The van der Waals surface area contributed by atoms with Crippen LogP contribution >= 0.6 is 0 Å². The molecule has 1 aromatic carbocycles. The lowest BCUT2D eigenvalue weighted by atomic mass is 9.89. The lowest BCUT2D eigenvalue weighted by Gasteiger charge is -2.19. The predicted octanol–water partition coefficient (Wildman–Crippen LogP) is 7.02. The van der Waals surface area contributed by atoms with E-state index >= 15 is 0 Å². The van der Waals surface area contributed by atoms with Crippen molar-refractivity contribution in [3.8, 4) is 5.75 Å². The minimum atomic E-state index is 0.0578. The number of rotatable bonds is 15. The number of nitrogens with zero attached hydrogens (tertiary/aromatic N) is 1. The first kappa shape index (κ1) is 24.4. The van der Waals surface area contributed by atoms with E-state index in [4.69, 9.17) is 4.74 Å². The molecule has 1 aliphatic carbocycles. The van der Waals surface area contributed by atoms with Gasteiger partial charge in [0.2, 0.25) is 5.91 Å². The van der Waals surface area contributed by atoms with E-state index in [0.717, 1.165) is 50.0 Å². The van der Waals surface area contributed by atoms with Gasteiger partial charge in [-0.3, -0.25) is 4.79 Å². The molecule has 1 amide bonds. The third-order valence-corrected chi connectivity index (χ3v) is 6.01. The van der Waals surface area contributed by atoms with Crippen LogP contribution in [-0.4, -0.2) is 18.7 Å². The van der Waals surface area contributed by atoms with Gasteiger partial charge in [0.1, 0.15) is 5.75 Å². The van der Waals surface area contributed by atoms with E-state index in [2.05, 4.69) is 17.5 Å². The molecule has 30 heavy (non-hydrogen) atoms. The van der Waals surface area contributed by atoms with Crippen LogP contribution in [0.2, 0.25) is 0 Å². The third kappa shape index (κ3) is 10.8. The maximum Gasteiger partial charge on any atom is 0.243 e. The van der Waals surface area contributed by atoms with Gasteiger partial charge in [-0.15, -0.1) is 0 Å². The average molecular weight is 415 g/mol. The van der Waals surface area contributed by atoms with Crippen LogP contribution in [0, 0.1) is 5.92 Å². The zero-order valence-corrected chi connectivity index (χ0v) is 19.0. The molecular weight excluding hydrogens is 372 g/mol. The van der Waals surface area contributed by atoms with E-state index in [-0.39, 0.29) is 11.8 Å². The Morgan fingerprint density at radius 3 is 2.17 bits per heavy atom. The van der Waals surface area contributed by atoms with Gasteiger partial charge in [-0.25, -0.2) is 5.43 Å². The number of hydrogen-bond donors (Lipinski definition) is 1. The second-order valence-corrected chi connectivity index (χ2v) is 8.67. The van der Waals surface area contributed by atoms with Crippen LogP contribution in [0.3, 0.4) is 0 Å². The molecule has 0 saturated heterocycles. The molecular formula is C26H42N2O2. The van der Waals surface area contributed by atoms with E-state index in [1.807, 2.05) is 24.3 Å². The Morgan fingerprint density at radius 2 is 1.53 bits per heavy atom. The molecule has 168 valence electrons. The van der Waals surface area contributed by atoms with Gasteiger partial charge in [-0.1, -0.05) is 84.0 Å². The summed E-state index contributed by atoms with van der Waals surface area (Å²) < 4.78 is 5.84. The quantitative estimate of drug-likeness (QED) is 0.190. The van der Waals surface area contributed by atoms with Crippen LogP contribution in [0.5, 0.6) is 5.75 Å². The molecule has 1 saturated carbocycles. The van der Waals surface area contributed by atoms with Gasteiger partial charge in [0.05, 0.1) is 12.8 Å². The molecule has 1 fully saturated rings. The molecule has 1 aliphatic rings. The first-order valence-electron chi connectivity index (χ1n) is 12.4. The summed E-state index contributed by atoms with van der Waals surface area (Å²) >= 11 is 0. The smallest absolute Gasteiger partial charge is 0.243 e. The second kappa shape index (κ2) is 15.9. The van der Waals surface area contributed by atoms with Crippen molar-refractivity contribution in [1.29, 1.82) is 0 Å². The summed E-state index contributed by atoms with van der Waals surface area (Å²) in [6.07, 6.45) is 20.6. The van der Waals surface area contributed by atoms with Gasteiger partial charge in [-0.05, 0) is 49.1 Å². The maximum atomic E-state index is 12.1. The molecule has 0 atom stereocenters. The van der Waals surface area contributed by atoms with Crippen molar-refractivity contribution in [2.75, 3.05) is 6.61 Å². The van der Waals surface area contributed by atoms with Crippen molar-refractivity contribution in [1.82, 2.24) is 5.43 Å². The number of unbranched alkanes of at least 4 members (excludes halogenated alkanes) is 9. The highest BCUT2D eigenvalue weighted by Crippen LogP contribution is 2.23. The zero-order chi connectivity index (χ0) is 21.3. The summed E-state index contributed by atoms with van der Waals surface area (Å²) in [5.41, 5.74) is 3.65. The number of hydrogen-bond acceptors (Lipinski definition) is 3. The van der Waals surface area contributed by atoms with Crippen LogP contribution in [0.25, 0.3) is 0 Å². The lowest BCUT2D eigenvalue weighted by molar-refractivity contribution is -0.125. The van der Waals surface area contributed by atoms with Gasteiger partial charge in [0.15, 0.2) is 0 Å². The molecule has 0 aliphatic heterocycles. The molecule has 2 rings (SSSR count). The van der Waals surface area contributed by atoms with Crippen LogP contribution in [0.1, 0.15) is 109 Å². The Bertz CT molecular complexity index is 592. The molecule has 4 nitrogen and oxygen atoms in total. The highest BCUT2D eigenvalue weighted by Gasteiger charge is 2.20. The molecule has 4 heteroatoms. The normalized spacial score (nSPS) is 14.8. The Hall–Kier alpha value is -1.84. The van der Waals surface area contributed by atoms with E-state index in [1.165, 1.54) is 64.2 Å². The zero-order valence-electron chi connectivity index (χ0n) is 19.0. The van der Waals surface area contributed by atoms with E-state index in [1.54, 1.807) is 6.21 Å². The van der Waals surface area contributed by atoms with Crippen LogP contribution < -0.4 is 10.2 Å². The number of amides is 1. The Kier molecular flexibility index (Phi) is 13.0. The van der Waals surface area contributed by atoms with E-state index in [9.17, 15) is 4.79 Å². The van der Waals surface area contributed by atoms with E-state index < -0.39 is 0 Å². The summed E-state index contributed by atoms with van der Waals surface area (Å²) in [5.74, 6) is 1.09. The fourth-order valence-electron chi connectivity index (χ4n) is 4.06. The Morgan fingerprint density at radius 1 is 0.933 bits per heavy atom. The number of benzene rings is 1. The molecule has 0 bridgehead atoms. The van der Waals surface area contributed by atoms with Crippen molar-refractivity contribution in [3.05, 3.63) is 29.8 Å². The summed E-state index contributed by atoms with van der Waals surface area (Å²) in [6, 6.07) is 7.90. The van der Waals surface area contributed by atoms with Gasteiger partial charge in [0.25, 0.3) is 0 Å². The fourth-order valence-corrected chi connectivity index (χ4v) is 4.06. The van der Waals surface area contributed by atoms with Gasteiger partial charge in [0, 0.05) is 5.92 Å². The SMILES string of the molecule is CCCCCCCCCCCCOc1ccc(C=NNC(=O)C2CCCCC2)cc1. The summed E-state index contributed by atoms with van der Waals surface area (Å²) in [6.45, 7) is 3.05. The summed E-state index contributed by atoms with van der Waals surface area (Å²) in [7, 11) is 0. The maximum absolute atomic E-state index is 12.1. The summed E-state index contributed by atoms with van der Waals surface area (Å²) in [4.78, 5) is 12.1. The molecule has 0 radical (unpaired) electrons. The number of hydrazone groups is 1. The van der Waals surface area contributed by atoms with Crippen molar-refractivity contribution < 1.29 is 9.53 Å². The van der Waals surface area contributed by atoms with Crippen molar-refractivity contribution in [3.63, 3.8) is 0 Å². The Labute approximate surface area is 183 Å². The first-order valence-corrected chi connectivity index (χ1v) is 12.4. The molecule has 0 spiro atoms. The van der Waals surface area contributed by atoms with Gasteiger partial charge >= 0.3 is 0 Å². The van der Waals surface area contributed by atoms with Crippen LogP contribution in [0.15, 0.2) is 29.4 Å². The lowest BCUT2D eigenvalue weighted by Crippen LogP contribution is -2.28. The van der Waals surface area contributed by atoms with Crippen molar-refractivity contribution >= 4 is 12.1 Å². The number of ether oxygens (including phenoxy) is 1. The van der Waals surface area contributed by atoms with Crippen LogP contribution in [0.4, 0.5) is 0 Å². The minimum Gasteiger partial charge on any atom is -0.494 e. The monoisotopic (exact) mass is 414 g/mol. The van der Waals surface area contributed by atoms with Crippen molar-refractivity contribution in [2.45, 2.75) is 103 Å². The minimum absolute atomic E-state index is 0.0578. The first-order chi connectivity index (χ1) is 14.8. The Balaban J connectivity index is 1.50. The van der Waals surface area contributed by atoms with Gasteiger partial charge < -0.3 is 4.74 Å². The molecule has 1 aromatic rings. The van der Waals surface area contributed by atoms with Gasteiger partial charge in [-0.2, -0.15) is 5.10 Å². The molecule has 1 N–H and O–H groups in total. The summed E-state index contributed by atoms with van der Waals surface area (Å²) in [5, 5.41) is 4.11. The number of nitrogens with one attached hydrogen (secondary N) is 1. The highest BCUT2D eigenvalue weighted by molar-refractivity contribution is 5.83. The van der Waals surface area contributed by atoms with E-state index in [0.29, 0.717) is 0 Å². The van der Waals surface area contributed by atoms with Crippen molar-refractivity contribution in [2.24, 2.45) is 11.0 Å². The average Bonchev–Trinajstić information content (AvgIpc) is 2.79. The number of carbonyl (C=O) groups is 1. The number of carbonyl (C=O) groups excluding carboxylic acids is 1. The topological polar surface area (TPSA) is 50.7 Å². The molecule has 0 heterocycles. The largest absolute Gasteiger partial charge is 0.494 e. The third-order valence-electron chi connectivity index (χ3n) is 6.01. The molecule has 0 aromatic heterocycles. The standard InChI is InChI=1S/C26H42N2O2/c1-2-3-4-5-6-7-8-9-10-14-21-30-25-19-17-23(18-20-25)22-27-28-26(29)24-15-12-11-13-16-24/h17-20,22,24H,2-16,21H2,1H3,(H,28,29). The molecule has 0 unspecified atom stereocenters. The highest BCUT2D eigenvalue weighted by atomic mass is 16.5. The fraction of sp³-hybridized carbons (Fsp3) is 0.692. The van der Waals surface area contributed by atoms with Crippen LogP contribution in [-0.2, 0) is 4.79 Å².